The Kier molecular flexibility index (Phi) is 7.15. The Hall–Kier alpha value is -1.10. The summed E-state index contributed by atoms with van der Waals surface area (Å²) >= 11 is 0. The standard InChI is InChI=1S/C16H31N3O2/c1-5-7-10-17-14(20)13-8-11-19(12-9-13)15(21)16(3,4)18-6-2/h13,18H,5-12H2,1-4H3,(H,17,20). The Labute approximate surface area is 128 Å². The third-order valence-electron chi connectivity index (χ3n) is 4.14. The Morgan fingerprint density at radius 2 is 1.81 bits per heavy atom. The van der Waals surface area contributed by atoms with Gasteiger partial charge in [0.25, 0.3) is 0 Å². The van der Waals surface area contributed by atoms with Gasteiger partial charge < -0.3 is 15.5 Å². The Balaban J connectivity index is 2.41. The lowest BCUT2D eigenvalue weighted by molar-refractivity contribution is -0.140. The number of nitrogens with zero attached hydrogens (tertiary/aromatic N) is 1. The first kappa shape index (κ1) is 18.0. The molecule has 0 aromatic carbocycles. The molecule has 0 spiro atoms. The smallest absolute Gasteiger partial charge is 0.242 e. The number of piperidine rings is 1. The molecular weight excluding hydrogens is 266 g/mol. The largest absolute Gasteiger partial charge is 0.356 e. The van der Waals surface area contributed by atoms with Crippen molar-refractivity contribution in [1.82, 2.24) is 15.5 Å². The van der Waals surface area contributed by atoms with Crippen LogP contribution in [0.15, 0.2) is 0 Å². The molecule has 1 aliphatic heterocycles. The van der Waals surface area contributed by atoms with Crippen LogP contribution in [-0.4, -0.2) is 48.4 Å². The quantitative estimate of drug-likeness (QED) is 0.701. The van der Waals surface area contributed by atoms with E-state index in [1.54, 1.807) is 0 Å². The van der Waals surface area contributed by atoms with Crippen molar-refractivity contribution in [3.05, 3.63) is 0 Å². The normalized spacial score (nSPS) is 16.9. The van der Waals surface area contributed by atoms with Crippen molar-refractivity contribution >= 4 is 11.8 Å². The van der Waals surface area contributed by atoms with Gasteiger partial charge in [-0.25, -0.2) is 0 Å². The molecule has 1 heterocycles. The molecule has 0 bridgehead atoms. The van der Waals surface area contributed by atoms with Crippen LogP contribution < -0.4 is 10.6 Å². The lowest BCUT2D eigenvalue weighted by atomic mass is 9.93. The highest BCUT2D eigenvalue weighted by Gasteiger charge is 2.34. The molecular formula is C16H31N3O2. The van der Waals surface area contributed by atoms with Gasteiger partial charge in [0.2, 0.25) is 11.8 Å². The van der Waals surface area contributed by atoms with Crippen LogP contribution in [0.25, 0.3) is 0 Å². The molecule has 1 rings (SSSR count). The number of amides is 2. The topological polar surface area (TPSA) is 61.4 Å². The first-order valence-electron chi connectivity index (χ1n) is 8.24. The number of unbranched alkanes of at least 4 members (excludes halogenated alkanes) is 1. The fourth-order valence-electron chi connectivity index (χ4n) is 2.79. The molecule has 2 amide bonds. The maximum Gasteiger partial charge on any atom is 0.242 e. The number of hydrogen-bond donors (Lipinski definition) is 2. The van der Waals surface area contributed by atoms with Crippen molar-refractivity contribution in [3.8, 4) is 0 Å². The highest BCUT2D eigenvalue weighted by molar-refractivity contribution is 5.86. The highest BCUT2D eigenvalue weighted by atomic mass is 16.2. The summed E-state index contributed by atoms with van der Waals surface area (Å²) in [4.78, 5) is 26.4. The van der Waals surface area contributed by atoms with E-state index < -0.39 is 5.54 Å². The predicted octanol–water partition coefficient (Wildman–Crippen LogP) is 1.53. The monoisotopic (exact) mass is 297 g/mol. The van der Waals surface area contributed by atoms with Crippen LogP contribution in [0.4, 0.5) is 0 Å². The average molecular weight is 297 g/mol. The average Bonchev–Trinajstić information content (AvgIpc) is 2.46. The number of carbonyl (C=O) groups excluding carboxylic acids is 2. The van der Waals surface area contributed by atoms with Crippen LogP contribution in [0.2, 0.25) is 0 Å². The van der Waals surface area contributed by atoms with Gasteiger partial charge in [0.1, 0.15) is 0 Å². The first-order chi connectivity index (χ1) is 9.92. The van der Waals surface area contributed by atoms with Gasteiger partial charge in [0.05, 0.1) is 5.54 Å². The van der Waals surface area contributed by atoms with E-state index in [4.69, 9.17) is 0 Å². The van der Waals surface area contributed by atoms with E-state index >= 15 is 0 Å². The molecule has 0 aliphatic carbocycles. The van der Waals surface area contributed by atoms with E-state index in [0.717, 1.165) is 38.8 Å². The zero-order chi connectivity index (χ0) is 15.9. The van der Waals surface area contributed by atoms with Crippen LogP contribution in [-0.2, 0) is 9.59 Å². The molecule has 0 radical (unpaired) electrons. The van der Waals surface area contributed by atoms with Gasteiger partial charge in [-0.15, -0.1) is 0 Å². The van der Waals surface area contributed by atoms with Crippen LogP contribution in [0.1, 0.15) is 53.4 Å². The highest BCUT2D eigenvalue weighted by Crippen LogP contribution is 2.20. The molecule has 2 N–H and O–H groups in total. The second-order valence-corrected chi connectivity index (χ2v) is 6.37. The summed E-state index contributed by atoms with van der Waals surface area (Å²) < 4.78 is 0. The van der Waals surface area contributed by atoms with Crippen molar-refractivity contribution < 1.29 is 9.59 Å². The van der Waals surface area contributed by atoms with Gasteiger partial charge in [-0.3, -0.25) is 9.59 Å². The zero-order valence-corrected chi connectivity index (χ0v) is 14.0. The van der Waals surface area contributed by atoms with Gasteiger partial charge in [-0.2, -0.15) is 0 Å². The van der Waals surface area contributed by atoms with E-state index in [-0.39, 0.29) is 17.7 Å². The van der Waals surface area contributed by atoms with Crippen LogP contribution in [0.5, 0.6) is 0 Å². The molecule has 122 valence electrons. The first-order valence-corrected chi connectivity index (χ1v) is 8.24. The molecule has 1 saturated heterocycles. The van der Waals surface area contributed by atoms with Gasteiger partial charge >= 0.3 is 0 Å². The predicted molar refractivity (Wildman–Crippen MR) is 85.0 cm³/mol. The Morgan fingerprint density at radius 3 is 2.33 bits per heavy atom. The van der Waals surface area contributed by atoms with Crippen molar-refractivity contribution in [3.63, 3.8) is 0 Å². The lowest BCUT2D eigenvalue weighted by Gasteiger charge is -2.36. The number of rotatable bonds is 7. The Morgan fingerprint density at radius 1 is 1.19 bits per heavy atom. The minimum Gasteiger partial charge on any atom is -0.356 e. The third-order valence-corrected chi connectivity index (χ3v) is 4.14. The van der Waals surface area contributed by atoms with E-state index in [2.05, 4.69) is 17.6 Å². The van der Waals surface area contributed by atoms with Crippen molar-refractivity contribution in [2.45, 2.75) is 58.9 Å². The van der Waals surface area contributed by atoms with E-state index in [1.807, 2.05) is 25.7 Å². The molecule has 0 atom stereocenters. The molecule has 1 fully saturated rings. The molecule has 21 heavy (non-hydrogen) atoms. The fourth-order valence-corrected chi connectivity index (χ4v) is 2.79. The van der Waals surface area contributed by atoms with Gasteiger partial charge in [-0.05, 0) is 39.7 Å². The third kappa shape index (κ3) is 5.30. The molecule has 1 aliphatic rings. The SMILES string of the molecule is CCCCNC(=O)C1CCN(C(=O)C(C)(C)NCC)CC1. The zero-order valence-electron chi connectivity index (χ0n) is 14.0. The number of nitrogens with one attached hydrogen (secondary N) is 2. The fraction of sp³-hybridized carbons (Fsp3) is 0.875. The summed E-state index contributed by atoms with van der Waals surface area (Å²) in [5, 5.41) is 6.21. The van der Waals surface area contributed by atoms with Crippen LogP contribution in [0, 0.1) is 5.92 Å². The minimum absolute atomic E-state index is 0.0631. The van der Waals surface area contributed by atoms with Crippen LogP contribution >= 0.6 is 0 Å². The van der Waals surface area contributed by atoms with Crippen molar-refractivity contribution in [2.24, 2.45) is 5.92 Å². The molecule has 5 nitrogen and oxygen atoms in total. The maximum atomic E-state index is 12.5. The van der Waals surface area contributed by atoms with E-state index in [9.17, 15) is 9.59 Å². The van der Waals surface area contributed by atoms with Crippen molar-refractivity contribution in [1.29, 1.82) is 0 Å². The minimum atomic E-state index is -0.523. The molecule has 0 unspecified atom stereocenters. The van der Waals surface area contributed by atoms with Gasteiger partial charge in [0, 0.05) is 25.6 Å². The summed E-state index contributed by atoms with van der Waals surface area (Å²) in [6, 6.07) is 0. The number of carbonyl (C=O) groups is 2. The summed E-state index contributed by atoms with van der Waals surface area (Å²) in [6.07, 6.45) is 3.66. The molecule has 0 saturated carbocycles. The second kappa shape index (κ2) is 8.37. The molecule has 0 aromatic heterocycles. The van der Waals surface area contributed by atoms with Gasteiger partial charge in [0.15, 0.2) is 0 Å². The molecule has 5 heteroatoms. The summed E-state index contributed by atoms with van der Waals surface area (Å²) in [6.45, 7) is 10.9. The van der Waals surface area contributed by atoms with E-state index in [0.29, 0.717) is 13.1 Å². The Bertz CT molecular complexity index is 347. The second-order valence-electron chi connectivity index (χ2n) is 6.37. The van der Waals surface area contributed by atoms with Gasteiger partial charge in [-0.1, -0.05) is 20.3 Å². The lowest BCUT2D eigenvalue weighted by Crippen LogP contribution is -2.56. The summed E-state index contributed by atoms with van der Waals surface area (Å²) in [5.74, 6) is 0.351. The number of hydrogen-bond acceptors (Lipinski definition) is 3. The molecule has 0 aromatic rings. The summed E-state index contributed by atoms with van der Waals surface area (Å²) in [5.41, 5.74) is -0.523. The van der Waals surface area contributed by atoms with Crippen molar-refractivity contribution in [2.75, 3.05) is 26.2 Å². The van der Waals surface area contributed by atoms with Crippen LogP contribution in [0.3, 0.4) is 0 Å². The number of likely N-dealkylation sites (N-methyl/N-ethyl adjacent to an activating group) is 1. The van der Waals surface area contributed by atoms with E-state index in [1.165, 1.54) is 0 Å². The summed E-state index contributed by atoms with van der Waals surface area (Å²) in [7, 11) is 0. The number of likely N-dealkylation sites (tertiary alicyclic amines) is 1. The maximum absolute atomic E-state index is 12.5.